The minimum atomic E-state index is -1.25. The molecule has 0 bridgehead atoms. The number of hydrogen-bond donors (Lipinski definition) is 8. The molecule has 1 aromatic carbocycles. The summed E-state index contributed by atoms with van der Waals surface area (Å²) in [7, 11) is 0. The van der Waals surface area contributed by atoms with Gasteiger partial charge in [0, 0.05) is 24.7 Å². The normalized spacial score (nSPS) is 13.3. The zero-order chi connectivity index (χ0) is 26.5. The third-order valence-corrected chi connectivity index (χ3v) is 5.35. The number of benzene rings is 1. The Hall–Kier alpha value is -3.97. The Morgan fingerprint density at radius 3 is 2.33 bits per heavy atom. The quantitative estimate of drug-likeness (QED) is 0.132. The number of phenols is 1. The van der Waals surface area contributed by atoms with Gasteiger partial charge in [0.05, 0.1) is 18.9 Å². The van der Waals surface area contributed by atoms with Crippen molar-refractivity contribution in [2.24, 2.45) is 11.5 Å². The second kappa shape index (κ2) is 14.4. The summed E-state index contributed by atoms with van der Waals surface area (Å²) in [6.07, 6.45) is 4.66. The van der Waals surface area contributed by atoms with Crippen molar-refractivity contribution in [3.8, 4) is 5.75 Å². The number of aliphatic carboxylic acids is 1. The number of carbonyl (C=O) groups excluding carboxylic acids is 3. The Bertz CT molecular complexity index is 997. The second-order valence-electron chi connectivity index (χ2n) is 8.28. The molecule has 3 amide bonds. The first-order valence-electron chi connectivity index (χ1n) is 11.5. The van der Waals surface area contributed by atoms with Crippen LogP contribution in [0.5, 0.6) is 5.75 Å². The number of H-pyrrole nitrogens is 1. The van der Waals surface area contributed by atoms with Gasteiger partial charge in [-0.15, -0.1) is 0 Å². The van der Waals surface area contributed by atoms with Crippen molar-refractivity contribution < 1.29 is 29.4 Å². The lowest BCUT2D eigenvalue weighted by atomic mass is 10.0. The van der Waals surface area contributed by atoms with E-state index >= 15 is 0 Å². The Kier molecular flexibility index (Phi) is 11.3. The molecule has 13 nitrogen and oxygen atoms in total. The molecule has 0 saturated carbocycles. The van der Waals surface area contributed by atoms with E-state index in [2.05, 4.69) is 25.9 Å². The molecule has 0 saturated heterocycles. The molecule has 36 heavy (non-hydrogen) atoms. The van der Waals surface area contributed by atoms with Gasteiger partial charge in [-0.2, -0.15) is 0 Å². The van der Waals surface area contributed by atoms with Crippen molar-refractivity contribution in [1.82, 2.24) is 25.9 Å². The molecule has 13 heteroatoms. The largest absolute Gasteiger partial charge is 0.508 e. The van der Waals surface area contributed by atoms with Crippen molar-refractivity contribution in [3.05, 3.63) is 48.0 Å². The SMILES string of the molecule is NCCCCC(N)C(=O)NC(Cc1ccc(O)cc1)C(=O)NCC(=O)NC(Cc1cnc[nH]1)C(=O)O. The highest BCUT2D eigenvalue weighted by atomic mass is 16.4. The summed E-state index contributed by atoms with van der Waals surface area (Å²) >= 11 is 0. The number of imidazole rings is 1. The lowest BCUT2D eigenvalue weighted by molar-refractivity contribution is -0.141. The fourth-order valence-electron chi connectivity index (χ4n) is 3.35. The van der Waals surface area contributed by atoms with Gasteiger partial charge < -0.3 is 42.6 Å². The average molecular weight is 504 g/mol. The number of phenolic OH excluding ortho intramolecular Hbond substituents is 1. The fraction of sp³-hybridized carbons (Fsp3) is 0.435. The highest BCUT2D eigenvalue weighted by Gasteiger charge is 2.26. The van der Waals surface area contributed by atoms with Crippen LogP contribution in [0.3, 0.4) is 0 Å². The first-order chi connectivity index (χ1) is 17.2. The number of hydrogen-bond acceptors (Lipinski definition) is 8. The molecule has 2 rings (SSSR count). The lowest BCUT2D eigenvalue weighted by Gasteiger charge is -2.21. The Labute approximate surface area is 208 Å². The van der Waals surface area contributed by atoms with Gasteiger partial charge in [0.2, 0.25) is 17.7 Å². The van der Waals surface area contributed by atoms with E-state index in [1.54, 1.807) is 12.1 Å². The Balaban J connectivity index is 1.99. The van der Waals surface area contributed by atoms with E-state index in [1.165, 1.54) is 24.7 Å². The van der Waals surface area contributed by atoms with Crippen LogP contribution in [0.4, 0.5) is 0 Å². The minimum Gasteiger partial charge on any atom is -0.508 e. The van der Waals surface area contributed by atoms with Gasteiger partial charge >= 0.3 is 5.97 Å². The highest BCUT2D eigenvalue weighted by Crippen LogP contribution is 2.12. The molecule has 0 aliphatic carbocycles. The molecule has 1 aromatic heterocycles. The fourth-order valence-corrected chi connectivity index (χ4v) is 3.35. The topological polar surface area (TPSA) is 226 Å². The second-order valence-corrected chi connectivity index (χ2v) is 8.28. The number of aromatic hydroxyl groups is 1. The van der Waals surface area contributed by atoms with Gasteiger partial charge in [0.25, 0.3) is 0 Å². The summed E-state index contributed by atoms with van der Waals surface area (Å²) in [5.74, 6) is -3.10. The molecule has 0 spiro atoms. The number of rotatable bonds is 15. The number of aromatic nitrogens is 2. The van der Waals surface area contributed by atoms with Crippen molar-refractivity contribution >= 4 is 23.7 Å². The number of nitrogens with zero attached hydrogens (tertiary/aromatic N) is 1. The van der Waals surface area contributed by atoms with Gasteiger partial charge in [-0.3, -0.25) is 14.4 Å². The zero-order valence-corrected chi connectivity index (χ0v) is 19.8. The number of carboxylic acids is 1. The van der Waals surface area contributed by atoms with Crippen LogP contribution in [0.25, 0.3) is 0 Å². The summed E-state index contributed by atoms with van der Waals surface area (Å²) in [5, 5.41) is 26.3. The molecule has 0 aliphatic heterocycles. The summed E-state index contributed by atoms with van der Waals surface area (Å²) in [4.78, 5) is 55.8. The first-order valence-corrected chi connectivity index (χ1v) is 11.5. The minimum absolute atomic E-state index is 0.0173. The Morgan fingerprint density at radius 1 is 1.00 bits per heavy atom. The third kappa shape index (κ3) is 9.72. The molecule has 1 heterocycles. The van der Waals surface area contributed by atoms with E-state index in [9.17, 15) is 29.4 Å². The number of carboxylic acid groups (broad SMARTS) is 1. The van der Waals surface area contributed by atoms with E-state index in [0.717, 1.165) is 0 Å². The molecule has 3 atom stereocenters. The average Bonchev–Trinajstić information content (AvgIpc) is 3.36. The van der Waals surface area contributed by atoms with Crippen molar-refractivity contribution in [2.45, 2.75) is 50.2 Å². The van der Waals surface area contributed by atoms with Gasteiger partial charge in [-0.25, -0.2) is 9.78 Å². The number of aromatic amines is 1. The van der Waals surface area contributed by atoms with Crippen molar-refractivity contribution in [1.29, 1.82) is 0 Å². The molecule has 0 fully saturated rings. The number of amides is 3. The lowest BCUT2D eigenvalue weighted by Crippen LogP contribution is -2.54. The standard InChI is InChI=1S/C23H33N7O6/c24-8-2-1-3-17(25)21(33)30-18(9-14-4-6-16(31)7-5-14)22(34)27-12-20(32)29-19(23(35)36)10-15-11-26-13-28-15/h4-7,11,13,17-19,31H,1-3,8-10,12,24-25H2,(H,26,28)(H,27,34)(H,29,32)(H,30,33)(H,35,36). The maximum atomic E-state index is 12.9. The number of nitrogens with one attached hydrogen (secondary N) is 4. The number of carbonyl (C=O) groups is 4. The molecule has 0 aliphatic rings. The summed E-state index contributed by atoms with van der Waals surface area (Å²) < 4.78 is 0. The molecular weight excluding hydrogens is 470 g/mol. The highest BCUT2D eigenvalue weighted by molar-refractivity contribution is 5.92. The molecular formula is C23H33N7O6. The van der Waals surface area contributed by atoms with Gasteiger partial charge in [0.1, 0.15) is 17.8 Å². The Morgan fingerprint density at radius 2 is 1.72 bits per heavy atom. The molecule has 0 radical (unpaired) electrons. The van der Waals surface area contributed by atoms with Crippen LogP contribution in [0.2, 0.25) is 0 Å². The number of nitrogens with two attached hydrogens (primary N) is 2. The molecule has 3 unspecified atom stereocenters. The van der Waals surface area contributed by atoms with Crippen LogP contribution in [0.1, 0.15) is 30.5 Å². The predicted octanol–water partition coefficient (Wildman–Crippen LogP) is -1.47. The van der Waals surface area contributed by atoms with Crippen LogP contribution in [-0.2, 0) is 32.0 Å². The van der Waals surface area contributed by atoms with Crippen LogP contribution in [0, 0.1) is 0 Å². The van der Waals surface area contributed by atoms with Crippen LogP contribution < -0.4 is 27.4 Å². The summed E-state index contributed by atoms with van der Waals surface area (Å²) in [5.41, 5.74) is 12.6. The maximum Gasteiger partial charge on any atom is 0.326 e. The number of unbranched alkanes of at least 4 members (excludes halogenated alkanes) is 1. The van der Waals surface area contributed by atoms with E-state index in [1.807, 2.05) is 0 Å². The third-order valence-electron chi connectivity index (χ3n) is 5.35. The maximum absolute atomic E-state index is 12.9. The van der Waals surface area contributed by atoms with E-state index in [0.29, 0.717) is 37.1 Å². The first kappa shape index (κ1) is 28.3. The van der Waals surface area contributed by atoms with E-state index in [4.69, 9.17) is 11.5 Å². The zero-order valence-electron chi connectivity index (χ0n) is 19.8. The van der Waals surface area contributed by atoms with Crippen LogP contribution in [-0.4, -0.2) is 75.1 Å². The van der Waals surface area contributed by atoms with Crippen molar-refractivity contribution in [3.63, 3.8) is 0 Å². The van der Waals surface area contributed by atoms with Gasteiger partial charge in [0.15, 0.2) is 0 Å². The summed E-state index contributed by atoms with van der Waals surface area (Å²) in [6.45, 7) is -0.0248. The monoisotopic (exact) mass is 503 g/mol. The molecule has 196 valence electrons. The molecule has 10 N–H and O–H groups in total. The van der Waals surface area contributed by atoms with E-state index < -0.39 is 48.4 Å². The van der Waals surface area contributed by atoms with Gasteiger partial charge in [-0.05, 0) is 37.1 Å². The smallest absolute Gasteiger partial charge is 0.326 e. The predicted molar refractivity (Wildman–Crippen MR) is 129 cm³/mol. The van der Waals surface area contributed by atoms with Crippen LogP contribution >= 0.6 is 0 Å². The molecule has 2 aromatic rings. The van der Waals surface area contributed by atoms with Gasteiger partial charge in [-0.1, -0.05) is 18.6 Å². The summed E-state index contributed by atoms with van der Waals surface area (Å²) in [6, 6.07) is 2.97. The van der Waals surface area contributed by atoms with Crippen LogP contribution in [0.15, 0.2) is 36.8 Å². The van der Waals surface area contributed by atoms with Crippen molar-refractivity contribution in [2.75, 3.05) is 13.1 Å². The van der Waals surface area contributed by atoms with E-state index in [-0.39, 0.29) is 18.6 Å².